The van der Waals surface area contributed by atoms with Gasteiger partial charge in [0, 0.05) is 62.4 Å². The number of aliphatic hydroxyl groups excluding tert-OH is 1. The molecule has 178 valence electrons. The predicted octanol–water partition coefficient (Wildman–Crippen LogP) is 2.56. The van der Waals surface area contributed by atoms with Crippen molar-refractivity contribution in [3.05, 3.63) is 29.6 Å². The van der Waals surface area contributed by atoms with Crippen LogP contribution in [0.4, 0.5) is 11.6 Å². The summed E-state index contributed by atoms with van der Waals surface area (Å²) in [5.41, 5.74) is 2.22. The second-order valence-electron chi connectivity index (χ2n) is 9.95. The number of aliphatic hydroxyl groups is 1. The van der Waals surface area contributed by atoms with Crippen molar-refractivity contribution in [2.75, 3.05) is 43.1 Å². The lowest BCUT2D eigenvalue weighted by molar-refractivity contribution is -0.116. The molecule has 2 aromatic rings. The van der Waals surface area contributed by atoms with Crippen LogP contribution in [0.1, 0.15) is 74.9 Å². The Morgan fingerprint density at radius 2 is 2.00 bits per heavy atom. The molecule has 0 radical (unpaired) electrons. The van der Waals surface area contributed by atoms with Crippen molar-refractivity contribution in [3.63, 3.8) is 0 Å². The van der Waals surface area contributed by atoms with E-state index in [1.165, 1.54) is 0 Å². The van der Waals surface area contributed by atoms with Gasteiger partial charge in [-0.25, -0.2) is 15.0 Å². The summed E-state index contributed by atoms with van der Waals surface area (Å²) in [5.74, 6) is 3.16. The molecule has 1 atom stereocenters. The lowest BCUT2D eigenvalue weighted by Gasteiger charge is -2.35. The zero-order chi connectivity index (χ0) is 23.0. The van der Waals surface area contributed by atoms with E-state index >= 15 is 0 Å². The third kappa shape index (κ3) is 4.24. The molecule has 9 nitrogen and oxygen atoms in total. The zero-order valence-electron chi connectivity index (χ0n) is 19.6. The number of carbonyl (C=O) groups excluding carboxylic acids is 1. The van der Waals surface area contributed by atoms with Crippen LogP contribution in [-0.4, -0.2) is 63.4 Å². The molecule has 0 bridgehead atoms. The van der Waals surface area contributed by atoms with Gasteiger partial charge in [-0.1, -0.05) is 13.8 Å². The smallest absolute Gasteiger partial charge is 0.226 e. The van der Waals surface area contributed by atoms with E-state index < -0.39 is 0 Å². The Morgan fingerprint density at radius 1 is 1.24 bits per heavy atom. The fourth-order valence-corrected chi connectivity index (χ4v) is 5.52. The number of hydrogen-bond acceptors (Lipinski definition) is 7. The molecule has 5 heterocycles. The van der Waals surface area contributed by atoms with Crippen LogP contribution in [0.15, 0.2) is 12.5 Å². The van der Waals surface area contributed by atoms with Gasteiger partial charge in [-0.15, -0.1) is 0 Å². The van der Waals surface area contributed by atoms with Crippen molar-refractivity contribution >= 4 is 17.5 Å². The number of piperidine rings is 1. The number of ether oxygens (including phenoxy) is 1. The van der Waals surface area contributed by atoms with Crippen molar-refractivity contribution in [2.24, 2.45) is 0 Å². The van der Waals surface area contributed by atoms with Crippen molar-refractivity contribution in [1.82, 2.24) is 19.5 Å². The first kappa shape index (κ1) is 22.3. The third-order valence-electron chi connectivity index (χ3n) is 7.63. The van der Waals surface area contributed by atoms with Crippen LogP contribution in [-0.2, 0) is 21.5 Å². The van der Waals surface area contributed by atoms with E-state index in [1.54, 1.807) is 6.33 Å². The first-order valence-corrected chi connectivity index (χ1v) is 12.1. The highest BCUT2D eigenvalue weighted by Gasteiger charge is 2.35. The summed E-state index contributed by atoms with van der Waals surface area (Å²) >= 11 is 0. The molecule has 2 saturated heterocycles. The van der Waals surface area contributed by atoms with Gasteiger partial charge in [-0.3, -0.25) is 4.79 Å². The summed E-state index contributed by atoms with van der Waals surface area (Å²) in [5, 5.41) is 12.6. The Hall–Kier alpha value is -2.52. The van der Waals surface area contributed by atoms with Crippen LogP contribution in [0.3, 0.4) is 0 Å². The predicted molar refractivity (Wildman–Crippen MR) is 125 cm³/mol. The Morgan fingerprint density at radius 3 is 2.73 bits per heavy atom. The van der Waals surface area contributed by atoms with Gasteiger partial charge in [0.1, 0.15) is 23.8 Å². The minimum Gasteiger partial charge on any atom is -0.395 e. The monoisotopic (exact) mass is 454 g/mol. The Bertz CT molecular complexity index is 1010. The number of anilines is 2. The van der Waals surface area contributed by atoms with Gasteiger partial charge in [-0.05, 0) is 31.6 Å². The normalized spacial score (nSPS) is 23.3. The topological polar surface area (TPSA) is 105 Å². The van der Waals surface area contributed by atoms with Crippen LogP contribution < -0.4 is 10.2 Å². The van der Waals surface area contributed by atoms with E-state index in [-0.39, 0.29) is 23.8 Å². The standard InChI is InChI=1S/C24H34N6O3/c1-16-13-19(32)28-21-20(16)23(26-15-25-21)29-7-3-17(4-8-29)22-27-18(14-30(22)9-10-31)24(2)5-11-33-12-6-24/h14-17,31H,3-13H2,1-2H3,(H,25,26,28,32). The zero-order valence-corrected chi connectivity index (χ0v) is 19.6. The number of hydrogen-bond donors (Lipinski definition) is 2. The number of aromatic nitrogens is 4. The minimum atomic E-state index is 0.0168. The van der Waals surface area contributed by atoms with Crippen molar-refractivity contribution in [3.8, 4) is 0 Å². The van der Waals surface area contributed by atoms with E-state index in [0.717, 1.165) is 74.9 Å². The molecule has 3 aliphatic rings. The quantitative estimate of drug-likeness (QED) is 0.715. The Balaban J connectivity index is 1.35. The lowest BCUT2D eigenvalue weighted by atomic mass is 9.80. The second kappa shape index (κ2) is 9.02. The summed E-state index contributed by atoms with van der Waals surface area (Å²) in [4.78, 5) is 28.3. The molecule has 1 unspecified atom stereocenters. The summed E-state index contributed by atoms with van der Waals surface area (Å²) in [6, 6.07) is 0. The van der Waals surface area contributed by atoms with Crippen LogP contribution in [0.2, 0.25) is 0 Å². The molecular formula is C24H34N6O3. The molecule has 5 rings (SSSR count). The molecule has 2 N–H and O–H groups in total. The summed E-state index contributed by atoms with van der Waals surface area (Å²) in [6.45, 7) is 8.35. The van der Waals surface area contributed by atoms with Gasteiger partial charge in [0.2, 0.25) is 5.91 Å². The fraction of sp³-hybridized carbons (Fsp3) is 0.667. The summed E-state index contributed by atoms with van der Waals surface area (Å²) in [7, 11) is 0. The summed E-state index contributed by atoms with van der Waals surface area (Å²) < 4.78 is 7.75. The molecular weight excluding hydrogens is 420 g/mol. The second-order valence-corrected chi connectivity index (χ2v) is 9.95. The maximum atomic E-state index is 11.9. The van der Waals surface area contributed by atoms with Gasteiger partial charge >= 0.3 is 0 Å². The highest BCUT2D eigenvalue weighted by molar-refractivity contribution is 5.94. The first-order valence-electron chi connectivity index (χ1n) is 12.1. The molecule has 0 saturated carbocycles. The van der Waals surface area contributed by atoms with E-state index in [1.807, 2.05) is 0 Å². The van der Waals surface area contributed by atoms with Gasteiger partial charge in [0.05, 0.1) is 12.3 Å². The lowest BCUT2D eigenvalue weighted by Crippen LogP contribution is -2.36. The molecule has 2 aromatic heterocycles. The summed E-state index contributed by atoms with van der Waals surface area (Å²) in [6.07, 6.45) is 8.09. The van der Waals surface area contributed by atoms with E-state index in [0.29, 0.717) is 24.7 Å². The highest BCUT2D eigenvalue weighted by Crippen LogP contribution is 2.40. The van der Waals surface area contributed by atoms with Crippen LogP contribution >= 0.6 is 0 Å². The molecule has 1 amide bonds. The van der Waals surface area contributed by atoms with Crippen LogP contribution in [0, 0.1) is 0 Å². The maximum Gasteiger partial charge on any atom is 0.226 e. The van der Waals surface area contributed by atoms with Crippen LogP contribution in [0.25, 0.3) is 0 Å². The third-order valence-corrected chi connectivity index (χ3v) is 7.63. The van der Waals surface area contributed by atoms with Gasteiger partial charge in [0.25, 0.3) is 0 Å². The van der Waals surface area contributed by atoms with Gasteiger partial charge in [-0.2, -0.15) is 0 Å². The highest BCUT2D eigenvalue weighted by atomic mass is 16.5. The molecule has 3 aliphatic heterocycles. The number of imidazole rings is 1. The average Bonchev–Trinajstić information content (AvgIpc) is 3.24. The van der Waals surface area contributed by atoms with Crippen molar-refractivity contribution in [1.29, 1.82) is 0 Å². The largest absolute Gasteiger partial charge is 0.395 e. The number of nitrogens with one attached hydrogen (secondary N) is 1. The maximum absolute atomic E-state index is 11.9. The van der Waals surface area contributed by atoms with Crippen molar-refractivity contribution < 1.29 is 14.6 Å². The Kier molecular flexibility index (Phi) is 6.09. The molecule has 0 aliphatic carbocycles. The number of fused-ring (bicyclic) bond motifs is 1. The number of rotatable bonds is 5. The van der Waals surface area contributed by atoms with E-state index in [9.17, 15) is 9.90 Å². The number of amides is 1. The van der Waals surface area contributed by atoms with E-state index in [2.05, 4.69) is 44.8 Å². The number of carbonyl (C=O) groups is 1. The SMILES string of the molecule is CC1CC(=O)Nc2ncnc(N3CCC(c4nc(C5(C)CCOCC5)cn4CCO)CC3)c21. The van der Waals surface area contributed by atoms with Crippen LogP contribution in [0.5, 0.6) is 0 Å². The molecule has 33 heavy (non-hydrogen) atoms. The molecule has 2 fully saturated rings. The Labute approximate surface area is 194 Å². The average molecular weight is 455 g/mol. The van der Waals surface area contributed by atoms with E-state index in [4.69, 9.17) is 9.72 Å². The van der Waals surface area contributed by atoms with Gasteiger partial charge < -0.3 is 24.6 Å². The number of nitrogens with zero attached hydrogens (tertiary/aromatic N) is 5. The molecule has 0 aromatic carbocycles. The minimum absolute atomic E-state index is 0.0168. The molecule has 9 heteroatoms. The molecule has 0 spiro atoms. The fourth-order valence-electron chi connectivity index (χ4n) is 5.52. The van der Waals surface area contributed by atoms with Gasteiger partial charge in [0.15, 0.2) is 0 Å². The van der Waals surface area contributed by atoms with Crippen molar-refractivity contribution in [2.45, 2.75) is 69.7 Å². The first-order chi connectivity index (χ1) is 16.0.